The second kappa shape index (κ2) is 7.30. The summed E-state index contributed by atoms with van der Waals surface area (Å²) in [5.41, 5.74) is 2.82. The largest absolute Gasteiger partial charge is 0.496 e. The predicted octanol–water partition coefficient (Wildman–Crippen LogP) is 2.03. The molecular formula is C22H29N5O2. The molecule has 7 heteroatoms. The monoisotopic (exact) mass is 395 g/mol. The van der Waals surface area contributed by atoms with Gasteiger partial charge in [0, 0.05) is 57.8 Å². The average molecular weight is 396 g/mol. The maximum absolute atomic E-state index is 13.1. The van der Waals surface area contributed by atoms with E-state index < -0.39 is 0 Å². The second-order valence-electron chi connectivity index (χ2n) is 8.65. The predicted molar refractivity (Wildman–Crippen MR) is 113 cm³/mol. The molecule has 1 aromatic carbocycles. The van der Waals surface area contributed by atoms with Crippen LogP contribution in [0.2, 0.25) is 0 Å². The van der Waals surface area contributed by atoms with Crippen molar-refractivity contribution in [3.63, 3.8) is 0 Å². The summed E-state index contributed by atoms with van der Waals surface area (Å²) in [6.45, 7) is 5.38. The van der Waals surface area contributed by atoms with Crippen LogP contribution in [0.25, 0.3) is 0 Å². The van der Waals surface area contributed by atoms with Gasteiger partial charge in [0.15, 0.2) is 0 Å². The standard InChI is InChI=1S/C22H29N5O2/c1-15-6-7-16(19(10-15)29-5)20(28)27-13-22(14-27)12-26(4)11-17(22)18-8-9-23-21(24-18)25(2)3/h6-10,17H,11-14H2,1-5H3. The molecule has 1 spiro atoms. The lowest BCUT2D eigenvalue weighted by atomic mass is 9.70. The highest BCUT2D eigenvalue weighted by atomic mass is 16.5. The van der Waals surface area contributed by atoms with E-state index in [1.165, 1.54) is 0 Å². The lowest BCUT2D eigenvalue weighted by molar-refractivity contribution is 0.00333. The third kappa shape index (κ3) is 3.44. The molecular weight excluding hydrogens is 366 g/mol. The third-order valence-corrected chi connectivity index (χ3v) is 6.13. The molecule has 1 atom stereocenters. The third-order valence-electron chi connectivity index (χ3n) is 6.13. The number of anilines is 1. The van der Waals surface area contributed by atoms with E-state index in [9.17, 15) is 4.79 Å². The smallest absolute Gasteiger partial charge is 0.257 e. The lowest BCUT2D eigenvalue weighted by Gasteiger charge is -2.51. The van der Waals surface area contributed by atoms with Gasteiger partial charge >= 0.3 is 0 Å². The number of aromatic nitrogens is 2. The summed E-state index contributed by atoms with van der Waals surface area (Å²) in [7, 11) is 7.66. The molecule has 0 N–H and O–H groups in total. The minimum atomic E-state index is 0.0393. The van der Waals surface area contributed by atoms with Crippen LogP contribution in [0.15, 0.2) is 30.5 Å². The van der Waals surface area contributed by atoms with Crippen LogP contribution in [0.5, 0.6) is 5.75 Å². The molecule has 3 heterocycles. The van der Waals surface area contributed by atoms with Gasteiger partial charge in [0.05, 0.1) is 18.4 Å². The zero-order valence-electron chi connectivity index (χ0n) is 17.8. The number of ether oxygens (including phenoxy) is 1. The average Bonchev–Trinajstić information content (AvgIpc) is 3.03. The zero-order chi connectivity index (χ0) is 20.8. The number of benzene rings is 1. The maximum atomic E-state index is 13.1. The summed E-state index contributed by atoms with van der Waals surface area (Å²) in [5.74, 6) is 1.70. The van der Waals surface area contributed by atoms with Crippen molar-refractivity contribution < 1.29 is 9.53 Å². The molecule has 154 valence electrons. The van der Waals surface area contributed by atoms with Crippen molar-refractivity contribution in [1.82, 2.24) is 19.8 Å². The molecule has 0 radical (unpaired) electrons. The first-order valence-corrected chi connectivity index (χ1v) is 9.96. The number of carbonyl (C=O) groups is 1. The Morgan fingerprint density at radius 1 is 1.24 bits per heavy atom. The molecule has 0 bridgehead atoms. The maximum Gasteiger partial charge on any atom is 0.257 e. The molecule has 2 saturated heterocycles. The molecule has 4 rings (SSSR count). The Morgan fingerprint density at radius 2 is 2.00 bits per heavy atom. The van der Waals surface area contributed by atoms with E-state index in [1.807, 2.05) is 61.3 Å². The molecule has 2 aromatic rings. The van der Waals surface area contributed by atoms with Gasteiger partial charge in [-0.05, 0) is 37.7 Å². The molecule has 2 fully saturated rings. The Morgan fingerprint density at radius 3 is 2.69 bits per heavy atom. The van der Waals surface area contributed by atoms with E-state index in [-0.39, 0.29) is 17.2 Å². The van der Waals surface area contributed by atoms with Gasteiger partial charge in [-0.3, -0.25) is 4.79 Å². The van der Waals surface area contributed by atoms with Crippen molar-refractivity contribution >= 4 is 11.9 Å². The highest BCUT2D eigenvalue weighted by Crippen LogP contribution is 2.49. The van der Waals surface area contributed by atoms with Crippen LogP contribution in [-0.2, 0) is 0 Å². The van der Waals surface area contributed by atoms with Crippen LogP contribution in [0.4, 0.5) is 5.95 Å². The minimum absolute atomic E-state index is 0.0393. The van der Waals surface area contributed by atoms with Gasteiger partial charge in [0.25, 0.3) is 5.91 Å². The van der Waals surface area contributed by atoms with Gasteiger partial charge in [-0.15, -0.1) is 0 Å². The van der Waals surface area contributed by atoms with Crippen molar-refractivity contribution in [2.45, 2.75) is 12.8 Å². The van der Waals surface area contributed by atoms with Gasteiger partial charge in [-0.2, -0.15) is 0 Å². The fraction of sp³-hybridized carbons (Fsp3) is 0.500. The van der Waals surface area contributed by atoms with Crippen LogP contribution in [0, 0.1) is 12.3 Å². The highest BCUT2D eigenvalue weighted by molar-refractivity contribution is 5.97. The molecule has 7 nitrogen and oxygen atoms in total. The summed E-state index contributed by atoms with van der Waals surface area (Å²) < 4.78 is 5.45. The quantitative estimate of drug-likeness (QED) is 0.790. The van der Waals surface area contributed by atoms with Gasteiger partial charge in [0.2, 0.25) is 5.95 Å². The fourth-order valence-corrected chi connectivity index (χ4v) is 4.72. The summed E-state index contributed by atoms with van der Waals surface area (Å²) in [4.78, 5) is 28.5. The molecule has 29 heavy (non-hydrogen) atoms. The van der Waals surface area contributed by atoms with Gasteiger partial charge in [-0.25, -0.2) is 9.97 Å². The number of methoxy groups -OCH3 is 1. The number of aryl methyl sites for hydroxylation is 1. The second-order valence-corrected chi connectivity index (χ2v) is 8.65. The van der Waals surface area contributed by atoms with E-state index in [4.69, 9.17) is 9.72 Å². The van der Waals surface area contributed by atoms with Crippen LogP contribution in [0.3, 0.4) is 0 Å². The van der Waals surface area contributed by atoms with Gasteiger partial charge in [-0.1, -0.05) is 6.07 Å². The van der Waals surface area contributed by atoms with Crippen molar-refractivity contribution in [2.24, 2.45) is 5.41 Å². The summed E-state index contributed by atoms with van der Waals surface area (Å²) in [6.07, 6.45) is 1.84. The number of carbonyl (C=O) groups excluding carboxylic acids is 1. The van der Waals surface area contributed by atoms with Gasteiger partial charge < -0.3 is 19.4 Å². The number of likely N-dealkylation sites (tertiary alicyclic amines) is 2. The minimum Gasteiger partial charge on any atom is -0.496 e. The lowest BCUT2D eigenvalue weighted by Crippen LogP contribution is -2.61. The first-order chi connectivity index (χ1) is 13.8. The number of nitrogens with zero attached hydrogens (tertiary/aromatic N) is 5. The van der Waals surface area contributed by atoms with Crippen molar-refractivity contribution in [2.75, 3.05) is 59.3 Å². The zero-order valence-corrected chi connectivity index (χ0v) is 17.8. The van der Waals surface area contributed by atoms with Crippen LogP contribution in [-0.4, -0.2) is 80.1 Å². The summed E-state index contributed by atoms with van der Waals surface area (Å²) in [5, 5.41) is 0. The topological polar surface area (TPSA) is 61.8 Å². The Hall–Kier alpha value is -2.67. The summed E-state index contributed by atoms with van der Waals surface area (Å²) >= 11 is 0. The fourth-order valence-electron chi connectivity index (χ4n) is 4.72. The highest BCUT2D eigenvalue weighted by Gasteiger charge is 2.55. The molecule has 2 aliphatic heterocycles. The van der Waals surface area contributed by atoms with Crippen LogP contribution >= 0.6 is 0 Å². The van der Waals surface area contributed by atoms with Crippen LogP contribution < -0.4 is 9.64 Å². The molecule has 1 unspecified atom stereocenters. The molecule has 2 aliphatic rings. The van der Waals surface area contributed by atoms with E-state index in [1.54, 1.807) is 7.11 Å². The number of hydrogen-bond acceptors (Lipinski definition) is 6. The van der Waals surface area contributed by atoms with Gasteiger partial charge in [0.1, 0.15) is 5.75 Å². The van der Waals surface area contributed by atoms with E-state index in [0.29, 0.717) is 11.3 Å². The first-order valence-electron chi connectivity index (χ1n) is 9.96. The molecule has 1 aromatic heterocycles. The first kappa shape index (κ1) is 19.6. The Bertz CT molecular complexity index is 923. The molecule has 1 amide bonds. The number of rotatable bonds is 4. The Balaban J connectivity index is 1.56. The van der Waals surface area contributed by atoms with Crippen molar-refractivity contribution in [1.29, 1.82) is 0 Å². The Kier molecular flexibility index (Phi) is 4.94. The van der Waals surface area contributed by atoms with E-state index in [0.717, 1.165) is 43.4 Å². The molecule has 0 saturated carbocycles. The number of likely N-dealkylation sites (N-methyl/N-ethyl adjacent to an activating group) is 1. The summed E-state index contributed by atoms with van der Waals surface area (Å²) in [6, 6.07) is 7.76. The van der Waals surface area contributed by atoms with E-state index in [2.05, 4.69) is 16.9 Å². The number of hydrogen-bond donors (Lipinski definition) is 0. The SMILES string of the molecule is COc1cc(C)ccc1C(=O)N1CC2(CN(C)CC2c2ccnc(N(C)C)n2)C1. The Labute approximate surface area is 172 Å². The van der Waals surface area contributed by atoms with Crippen LogP contribution in [0.1, 0.15) is 27.5 Å². The number of amides is 1. The van der Waals surface area contributed by atoms with Crippen molar-refractivity contribution in [3.8, 4) is 5.75 Å². The normalized spacial score (nSPS) is 20.6. The van der Waals surface area contributed by atoms with E-state index >= 15 is 0 Å². The molecule has 0 aliphatic carbocycles. The van der Waals surface area contributed by atoms with Crippen molar-refractivity contribution in [3.05, 3.63) is 47.3 Å².